The Labute approximate surface area is 214 Å². The summed E-state index contributed by atoms with van der Waals surface area (Å²) < 4.78 is 12.7. The lowest BCUT2D eigenvalue weighted by atomic mass is 9.96. The van der Waals surface area contributed by atoms with E-state index in [1.807, 2.05) is 36.2 Å². The summed E-state index contributed by atoms with van der Waals surface area (Å²) >= 11 is 0. The molecule has 3 N–H and O–H groups in total. The fraction of sp³-hybridized carbons (Fsp3) is 0.542. The Morgan fingerprint density at radius 2 is 2.00 bits per heavy atom. The van der Waals surface area contributed by atoms with Crippen molar-refractivity contribution in [2.45, 2.75) is 45.3 Å². The van der Waals surface area contributed by atoms with Crippen molar-refractivity contribution in [2.75, 3.05) is 49.6 Å². The Hall–Kier alpha value is -3.87. The molecule has 2 aliphatic heterocycles. The largest absolute Gasteiger partial charge is 0.444 e. The first-order chi connectivity index (χ1) is 17.6. The van der Waals surface area contributed by atoms with Crippen LogP contribution in [0.1, 0.15) is 32.9 Å². The lowest BCUT2D eigenvalue weighted by Crippen LogP contribution is -2.63. The van der Waals surface area contributed by atoms with Gasteiger partial charge in [-0.15, -0.1) is 5.10 Å². The van der Waals surface area contributed by atoms with Gasteiger partial charge >= 0.3 is 6.09 Å². The molecule has 1 unspecified atom stereocenters. The van der Waals surface area contributed by atoms with E-state index < -0.39 is 17.2 Å². The van der Waals surface area contributed by atoms with Gasteiger partial charge in [-0.1, -0.05) is 0 Å². The average molecular weight is 512 g/mol. The topological polar surface area (TPSA) is 142 Å². The summed E-state index contributed by atoms with van der Waals surface area (Å²) in [6.45, 7) is 9.84. The van der Waals surface area contributed by atoms with Gasteiger partial charge in [-0.3, -0.25) is 9.89 Å². The van der Waals surface area contributed by atoms with E-state index in [1.165, 1.54) is 0 Å². The van der Waals surface area contributed by atoms with E-state index in [1.54, 1.807) is 30.2 Å². The molecule has 37 heavy (non-hydrogen) atoms. The molecule has 0 saturated carbocycles. The van der Waals surface area contributed by atoms with E-state index in [2.05, 4.69) is 25.9 Å². The number of aromatic nitrogens is 5. The number of H-pyrrole nitrogens is 1. The van der Waals surface area contributed by atoms with Gasteiger partial charge in [0.05, 0.1) is 6.61 Å². The second kappa shape index (κ2) is 9.54. The molecule has 3 aromatic heterocycles. The molecule has 0 aliphatic carbocycles. The van der Waals surface area contributed by atoms with Crippen molar-refractivity contribution in [3.8, 4) is 0 Å². The van der Waals surface area contributed by atoms with Gasteiger partial charge in [-0.25, -0.2) is 9.31 Å². The number of hydrogen-bond donors (Lipinski definition) is 3. The van der Waals surface area contributed by atoms with Crippen LogP contribution in [0.15, 0.2) is 24.4 Å². The maximum absolute atomic E-state index is 13.6. The van der Waals surface area contributed by atoms with Crippen LogP contribution < -0.4 is 15.5 Å². The Kier molecular flexibility index (Phi) is 6.40. The number of alkyl carbamates (subject to hydrolysis) is 1. The third-order valence-corrected chi connectivity index (χ3v) is 6.35. The predicted octanol–water partition coefficient (Wildman–Crippen LogP) is 1.84. The molecule has 5 heterocycles. The van der Waals surface area contributed by atoms with Crippen LogP contribution in [0.4, 0.5) is 22.4 Å². The quantitative estimate of drug-likeness (QED) is 0.468. The van der Waals surface area contributed by atoms with Gasteiger partial charge < -0.3 is 29.9 Å². The number of amides is 2. The zero-order valence-corrected chi connectivity index (χ0v) is 21.6. The molecular weight excluding hydrogens is 478 g/mol. The van der Waals surface area contributed by atoms with Crippen LogP contribution in [0.25, 0.3) is 5.52 Å². The fourth-order valence-corrected chi connectivity index (χ4v) is 4.55. The molecule has 13 heteroatoms. The highest BCUT2D eigenvalue weighted by molar-refractivity contribution is 5.90. The minimum absolute atomic E-state index is 0.125. The van der Waals surface area contributed by atoms with Crippen molar-refractivity contribution in [1.82, 2.24) is 35.0 Å². The highest BCUT2D eigenvalue weighted by Gasteiger charge is 2.47. The molecule has 0 aromatic carbocycles. The lowest BCUT2D eigenvalue weighted by molar-refractivity contribution is -0.138. The van der Waals surface area contributed by atoms with Gasteiger partial charge in [0.2, 0.25) is 5.95 Å². The van der Waals surface area contributed by atoms with Gasteiger partial charge in [-0.05, 0) is 39.8 Å². The number of anilines is 3. The van der Waals surface area contributed by atoms with Crippen molar-refractivity contribution in [3.63, 3.8) is 0 Å². The number of ether oxygens (including phenoxy) is 2. The second-order valence-corrected chi connectivity index (χ2v) is 10.5. The molecule has 198 valence electrons. The standard InChI is InChI=1S/C24H33N9O4/c1-16-14-18(29-28-16)25-19-17-6-5-8-33(17)30-21(26-19)32-11-9-31(10-12-32)20(34)24(7-13-36-15-24)27-22(35)37-23(2,3)4/h5-6,8,14H,7,9-13,15H2,1-4H3,(H,27,35)(H2,25,26,28,29,30). The number of piperazine rings is 1. The van der Waals surface area contributed by atoms with Crippen molar-refractivity contribution >= 4 is 35.1 Å². The SMILES string of the molecule is Cc1cc(Nc2nc(N3CCN(C(=O)C4(NC(=O)OC(C)(C)C)CCOC4)CC3)nn3cccc23)n[nH]1. The summed E-state index contributed by atoms with van der Waals surface area (Å²) in [5, 5.41) is 17.9. The van der Waals surface area contributed by atoms with Gasteiger partial charge in [0, 0.05) is 57.2 Å². The molecule has 13 nitrogen and oxygen atoms in total. The van der Waals surface area contributed by atoms with E-state index in [0.717, 1.165) is 11.2 Å². The number of nitrogens with one attached hydrogen (secondary N) is 3. The smallest absolute Gasteiger partial charge is 0.408 e. The molecule has 0 bridgehead atoms. The first-order valence-electron chi connectivity index (χ1n) is 12.4. The molecule has 3 aromatic rings. The first-order valence-corrected chi connectivity index (χ1v) is 12.4. The van der Waals surface area contributed by atoms with Crippen molar-refractivity contribution in [3.05, 3.63) is 30.1 Å². The molecule has 2 saturated heterocycles. The predicted molar refractivity (Wildman–Crippen MR) is 136 cm³/mol. The number of aromatic amines is 1. The Bertz CT molecular complexity index is 1280. The summed E-state index contributed by atoms with van der Waals surface area (Å²) in [4.78, 5) is 34.6. The number of carbonyl (C=O) groups excluding carboxylic acids is 2. The van der Waals surface area contributed by atoms with Crippen LogP contribution in [-0.2, 0) is 14.3 Å². The van der Waals surface area contributed by atoms with E-state index in [9.17, 15) is 9.59 Å². The summed E-state index contributed by atoms with van der Waals surface area (Å²) in [6, 6.07) is 5.74. The van der Waals surface area contributed by atoms with E-state index in [0.29, 0.717) is 56.8 Å². The normalized spacial score (nSPS) is 20.3. The number of nitrogens with zero attached hydrogens (tertiary/aromatic N) is 6. The van der Waals surface area contributed by atoms with Gasteiger partial charge in [0.15, 0.2) is 11.6 Å². The van der Waals surface area contributed by atoms with E-state index >= 15 is 0 Å². The maximum Gasteiger partial charge on any atom is 0.408 e. The summed E-state index contributed by atoms with van der Waals surface area (Å²) in [5.41, 5.74) is -0.0153. The molecule has 5 rings (SSSR count). The third-order valence-electron chi connectivity index (χ3n) is 6.35. The van der Waals surface area contributed by atoms with Crippen LogP contribution >= 0.6 is 0 Å². The molecule has 2 amide bonds. The van der Waals surface area contributed by atoms with Gasteiger partial charge in [0.1, 0.15) is 16.7 Å². The number of rotatable bonds is 5. The lowest BCUT2D eigenvalue weighted by Gasteiger charge is -2.39. The van der Waals surface area contributed by atoms with Crippen LogP contribution in [-0.4, -0.2) is 92.2 Å². The third kappa shape index (κ3) is 5.31. The summed E-state index contributed by atoms with van der Waals surface area (Å²) in [6.07, 6.45) is 1.65. The van der Waals surface area contributed by atoms with Gasteiger partial charge in [-0.2, -0.15) is 10.1 Å². The minimum atomic E-state index is -1.12. The Morgan fingerprint density at radius 3 is 2.65 bits per heavy atom. The average Bonchev–Trinajstić information content (AvgIpc) is 3.59. The first kappa shape index (κ1) is 24.8. The van der Waals surface area contributed by atoms with Crippen LogP contribution in [0.5, 0.6) is 0 Å². The number of aryl methyl sites for hydroxylation is 1. The zero-order valence-electron chi connectivity index (χ0n) is 21.6. The number of carbonyl (C=O) groups is 2. The molecular formula is C24H33N9O4. The Morgan fingerprint density at radius 1 is 1.22 bits per heavy atom. The highest BCUT2D eigenvalue weighted by atomic mass is 16.6. The van der Waals surface area contributed by atoms with E-state index in [-0.39, 0.29) is 12.5 Å². The minimum Gasteiger partial charge on any atom is -0.444 e. The zero-order chi connectivity index (χ0) is 26.2. The Balaban J connectivity index is 1.28. The number of fused-ring (bicyclic) bond motifs is 1. The molecule has 1 atom stereocenters. The van der Waals surface area contributed by atoms with Crippen molar-refractivity contribution in [2.24, 2.45) is 0 Å². The fourth-order valence-electron chi connectivity index (χ4n) is 4.55. The monoisotopic (exact) mass is 511 g/mol. The van der Waals surface area contributed by atoms with Gasteiger partial charge in [0.25, 0.3) is 5.91 Å². The maximum atomic E-state index is 13.6. The van der Waals surface area contributed by atoms with Crippen molar-refractivity contribution in [1.29, 1.82) is 0 Å². The van der Waals surface area contributed by atoms with Crippen LogP contribution in [0, 0.1) is 6.92 Å². The summed E-state index contributed by atoms with van der Waals surface area (Å²) in [7, 11) is 0. The summed E-state index contributed by atoms with van der Waals surface area (Å²) in [5.74, 6) is 1.70. The van der Waals surface area contributed by atoms with E-state index in [4.69, 9.17) is 14.5 Å². The molecule has 2 fully saturated rings. The molecule has 2 aliphatic rings. The van der Waals surface area contributed by atoms with Crippen molar-refractivity contribution < 1.29 is 19.1 Å². The highest BCUT2D eigenvalue weighted by Crippen LogP contribution is 2.26. The number of hydrogen-bond acceptors (Lipinski definition) is 9. The molecule has 0 radical (unpaired) electrons. The van der Waals surface area contributed by atoms with Crippen LogP contribution in [0.3, 0.4) is 0 Å². The van der Waals surface area contributed by atoms with Crippen LogP contribution in [0.2, 0.25) is 0 Å². The molecule has 0 spiro atoms. The second-order valence-electron chi connectivity index (χ2n) is 10.5.